The van der Waals surface area contributed by atoms with Crippen molar-refractivity contribution in [2.45, 2.75) is 0 Å². The van der Waals surface area contributed by atoms with Crippen molar-refractivity contribution in [2.24, 2.45) is 5.73 Å². The average Bonchev–Trinajstić information content (AvgIpc) is 2.15. The molecule has 3 N–H and O–H groups in total. The topological polar surface area (TPSA) is 94.0 Å². The molecule has 0 saturated carbocycles. The van der Waals surface area contributed by atoms with Crippen LogP contribution in [-0.4, -0.2) is 16.4 Å². The Morgan fingerprint density at radius 2 is 2.67 bits per heavy atom. The monoisotopic (exact) mass is 128 g/mol. The Kier molecular flexibility index (Phi) is 1.31. The molecule has 1 aromatic heterocycles. The van der Waals surface area contributed by atoms with E-state index in [1.54, 1.807) is 0 Å². The molecule has 0 saturated heterocycles. The number of rotatable bonds is 1. The van der Waals surface area contributed by atoms with Crippen molar-refractivity contribution < 1.29 is 9.32 Å². The summed E-state index contributed by atoms with van der Waals surface area (Å²) in [5.41, 5.74) is 4.72. The molecule has 6 heteroatoms. The van der Waals surface area contributed by atoms with Crippen molar-refractivity contribution in [3.8, 4) is 0 Å². The third kappa shape index (κ3) is 1.41. The molecule has 0 spiro atoms. The summed E-state index contributed by atoms with van der Waals surface area (Å²) in [6.07, 6.45) is 1.24. The minimum atomic E-state index is -0.700. The van der Waals surface area contributed by atoms with Crippen LogP contribution in [0.3, 0.4) is 0 Å². The first kappa shape index (κ1) is 5.54. The summed E-state index contributed by atoms with van der Waals surface area (Å²) in [7, 11) is 0. The number of carbonyl (C=O) groups excluding carboxylic acids is 1. The van der Waals surface area contributed by atoms with Gasteiger partial charge in [0.1, 0.15) is 6.20 Å². The van der Waals surface area contributed by atoms with Gasteiger partial charge in [-0.05, 0) is 0 Å². The van der Waals surface area contributed by atoms with Gasteiger partial charge in [0.2, 0.25) is 0 Å². The summed E-state index contributed by atoms with van der Waals surface area (Å²) in [6.45, 7) is 0. The van der Waals surface area contributed by atoms with E-state index >= 15 is 0 Å². The fraction of sp³-hybridized carbons (Fsp3) is 0. The lowest BCUT2D eigenvalue weighted by atomic mass is 10.8. The number of aromatic nitrogens is 2. The van der Waals surface area contributed by atoms with Gasteiger partial charge >= 0.3 is 6.03 Å². The first-order valence-electron chi connectivity index (χ1n) is 2.13. The normalized spacial score (nSPS) is 8.89. The van der Waals surface area contributed by atoms with Crippen LogP contribution in [0.5, 0.6) is 0 Å². The summed E-state index contributed by atoms with van der Waals surface area (Å²) >= 11 is 0. The summed E-state index contributed by atoms with van der Waals surface area (Å²) in [4.78, 5) is 10.1. The highest BCUT2D eigenvalue weighted by atomic mass is 16.5. The SMILES string of the molecule is NC(=O)Nc1cnno1. The van der Waals surface area contributed by atoms with E-state index < -0.39 is 6.03 Å². The highest BCUT2D eigenvalue weighted by Gasteiger charge is 1.97. The maximum atomic E-state index is 10.1. The molecular formula is C3H4N4O2. The molecule has 6 nitrogen and oxygen atoms in total. The number of nitrogens with zero attached hydrogens (tertiary/aromatic N) is 2. The highest BCUT2D eigenvalue weighted by Crippen LogP contribution is 1.98. The fourth-order valence-electron chi connectivity index (χ4n) is 0.344. The second kappa shape index (κ2) is 2.12. The van der Waals surface area contributed by atoms with Gasteiger partial charge in [-0.1, -0.05) is 0 Å². The summed E-state index contributed by atoms with van der Waals surface area (Å²) in [6, 6.07) is -0.700. The molecule has 1 heterocycles. The molecule has 2 amide bonds. The first-order valence-corrected chi connectivity index (χ1v) is 2.13. The van der Waals surface area contributed by atoms with Crippen molar-refractivity contribution >= 4 is 11.9 Å². The van der Waals surface area contributed by atoms with Crippen LogP contribution in [0.4, 0.5) is 10.7 Å². The molecule has 0 aliphatic heterocycles. The Morgan fingerprint density at radius 3 is 3.11 bits per heavy atom. The third-order valence-electron chi connectivity index (χ3n) is 0.608. The van der Waals surface area contributed by atoms with Crippen LogP contribution in [0.25, 0.3) is 0 Å². The molecule has 0 unspecified atom stereocenters. The van der Waals surface area contributed by atoms with Crippen molar-refractivity contribution in [1.29, 1.82) is 0 Å². The quantitative estimate of drug-likeness (QED) is 0.536. The van der Waals surface area contributed by atoms with Crippen molar-refractivity contribution in [3.63, 3.8) is 0 Å². The summed E-state index contributed by atoms with van der Waals surface area (Å²) in [5, 5.41) is 8.50. The van der Waals surface area contributed by atoms with Crippen LogP contribution < -0.4 is 11.1 Å². The van der Waals surface area contributed by atoms with Gasteiger partial charge in [0.15, 0.2) is 0 Å². The van der Waals surface area contributed by atoms with Gasteiger partial charge in [-0.2, -0.15) is 0 Å². The van der Waals surface area contributed by atoms with Crippen LogP contribution in [0.1, 0.15) is 0 Å². The largest absolute Gasteiger partial charge is 0.351 e. The van der Waals surface area contributed by atoms with Gasteiger partial charge in [-0.25, -0.2) is 4.79 Å². The first-order chi connectivity index (χ1) is 4.29. The van der Waals surface area contributed by atoms with Crippen LogP contribution in [0, 0.1) is 0 Å². The van der Waals surface area contributed by atoms with E-state index in [0.29, 0.717) is 0 Å². The lowest BCUT2D eigenvalue weighted by Gasteiger charge is -1.88. The van der Waals surface area contributed by atoms with Crippen LogP contribution >= 0.6 is 0 Å². The lowest BCUT2D eigenvalue weighted by molar-refractivity contribution is 0.258. The molecule has 1 rings (SSSR count). The number of anilines is 1. The standard InChI is InChI=1S/C3H4N4O2/c4-3(8)6-2-1-5-7-9-2/h1H,(H3,4,6,8). The van der Waals surface area contributed by atoms with Crippen LogP contribution in [-0.2, 0) is 0 Å². The van der Waals surface area contributed by atoms with Gasteiger partial charge in [0, 0.05) is 5.27 Å². The van der Waals surface area contributed by atoms with E-state index in [-0.39, 0.29) is 5.88 Å². The smallest absolute Gasteiger partial charge is 0.319 e. The number of carbonyl (C=O) groups is 1. The molecule has 48 valence electrons. The lowest BCUT2D eigenvalue weighted by Crippen LogP contribution is -2.18. The molecule has 1 aromatic rings. The molecule has 0 atom stereocenters. The van der Waals surface area contributed by atoms with Gasteiger partial charge < -0.3 is 10.3 Å². The Balaban J connectivity index is 2.58. The van der Waals surface area contributed by atoms with E-state index in [9.17, 15) is 4.79 Å². The molecule has 0 fully saturated rings. The number of primary amides is 1. The second-order valence-electron chi connectivity index (χ2n) is 1.27. The van der Waals surface area contributed by atoms with Crippen molar-refractivity contribution in [2.75, 3.05) is 5.32 Å². The van der Waals surface area contributed by atoms with Gasteiger partial charge in [-0.15, -0.1) is 5.10 Å². The molecule has 0 radical (unpaired) electrons. The maximum Gasteiger partial charge on any atom is 0.319 e. The minimum Gasteiger partial charge on any atom is -0.351 e. The number of amides is 2. The van der Waals surface area contributed by atoms with E-state index in [2.05, 4.69) is 20.2 Å². The number of hydrogen-bond acceptors (Lipinski definition) is 4. The van der Waals surface area contributed by atoms with Crippen molar-refractivity contribution in [3.05, 3.63) is 6.20 Å². The van der Waals surface area contributed by atoms with Crippen molar-refractivity contribution in [1.82, 2.24) is 10.4 Å². The van der Waals surface area contributed by atoms with Crippen LogP contribution in [0.15, 0.2) is 10.7 Å². The number of urea groups is 1. The van der Waals surface area contributed by atoms with Gasteiger partial charge in [-0.3, -0.25) is 5.32 Å². The Labute approximate surface area is 50.0 Å². The zero-order valence-electron chi connectivity index (χ0n) is 4.37. The van der Waals surface area contributed by atoms with Gasteiger partial charge in [0.05, 0.1) is 0 Å². The highest BCUT2D eigenvalue weighted by molar-refractivity contribution is 5.85. The molecule has 0 aromatic carbocycles. The van der Waals surface area contributed by atoms with E-state index in [0.717, 1.165) is 0 Å². The fourth-order valence-corrected chi connectivity index (χ4v) is 0.344. The Hall–Kier alpha value is -1.59. The van der Waals surface area contributed by atoms with Gasteiger partial charge in [0.25, 0.3) is 5.88 Å². The number of hydrogen-bond donors (Lipinski definition) is 2. The Morgan fingerprint density at radius 1 is 1.89 bits per heavy atom. The molecule has 9 heavy (non-hydrogen) atoms. The molecular weight excluding hydrogens is 124 g/mol. The number of nitrogens with two attached hydrogens (primary N) is 1. The summed E-state index contributed by atoms with van der Waals surface area (Å²) in [5.74, 6) is 0.141. The zero-order valence-corrected chi connectivity index (χ0v) is 4.37. The molecule has 0 aliphatic rings. The Bertz CT molecular complexity index is 194. The molecule has 0 bridgehead atoms. The predicted molar refractivity (Wildman–Crippen MR) is 27.5 cm³/mol. The summed E-state index contributed by atoms with van der Waals surface area (Å²) < 4.78 is 4.37. The predicted octanol–water partition coefficient (Wildman–Crippen LogP) is -0.440. The maximum absolute atomic E-state index is 10.1. The average molecular weight is 128 g/mol. The van der Waals surface area contributed by atoms with E-state index in [4.69, 9.17) is 5.73 Å². The minimum absolute atomic E-state index is 0.141. The second-order valence-corrected chi connectivity index (χ2v) is 1.27. The third-order valence-corrected chi connectivity index (χ3v) is 0.608. The molecule has 0 aliphatic carbocycles. The van der Waals surface area contributed by atoms with E-state index in [1.165, 1.54) is 6.20 Å². The zero-order chi connectivity index (χ0) is 6.69. The van der Waals surface area contributed by atoms with Crippen LogP contribution in [0.2, 0.25) is 0 Å². The number of nitrogens with one attached hydrogen (secondary N) is 1. The van der Waals surface area contributed by atoms with E-state index in [1.807, 2.05) is 0 Å².